The monoisotopic (exact) mass is 335 g/mol. The van der Waals surface area contributed by atoms with E-state index in [0.717, 1.165) is 50.7 Å². The zero-order chi connectivity index (χ0) is 16.5. The summed E-state index contributed by atoms with van der Waals surface area (Å²) in [5.74, 6) is 1.06. The van der Waals surface area contributed by atoms with Crippen LogP contribution >= 0.6 is 11.3 Å². The number of hydrogen-bond acceptors (Lipinski definition) is 7. The lowest BCUT2D eigenvalue weighted by Gasteiger charge is -2.35. The van der Waals surface area contributed by atoms with Gasteiger partial charge in [0.2, 0.25) is 0 Å². The number of carbonyl (C=O) groups is 1. The van der Waals surface area contributed by atoms with Gasteiger partial charge in [-0.05, 0) is 6.42 Å². The number of hydrogen-bond donors (Lipinski definition) is 1. The Hall–Kier alpha value is -2.06. The van der Waals surface area contributed by atoms with E-state index in [0.29, 0.717) is 0 Å². The summed E-state index contributed by atoms with van der Waals surface area (Å²) in [4.78, 5) is 26.2. The average Bonchev–Trinajstić information content (AvgIpc) is 3.09. The lowest BCUT2D eigenvalue weighted by Crippen LogP contribution is -2.46. The van der Waals surface area contributed by atoms with Crippen LogP contribution < -0.4 is 4.90 Å². The summed E-state index contributed by atoms with van der Waals surface area (Å²) >= 11 is 1.73. The van der Waals surface area contributed by atoms with E-state index in [9.17, 15) is 0 Å². The molecule has 1 aliphatic rings. The van der Waals surface area contributed by atoms with E-state index in [4.69, 9.17) is 9.90 Å². The van der Waals surface area contributed by atoms with Crippen LogP contribution in [0.2, 0.25) is 0 Å². The second-order valence-corrected chi connectivity index (χ2v) is 5.99. The third-order valence-electron chi connectivity index (χ3n) is 3.61. The molecule has 0 aromatic carbocycles. The summed E-state index contributed by atoms with van der Waals surface area (Å²) < 4.78 is 0. The summed E-state index contributed by atoms with van der Waals surface area (Å²) in [7, 11) is 0. The molecule has 8 heteroatoms. The van der Waals surface area contributed by atoms with Crippen molar-refractivity contribution >= 4 is 23.6 Å². The zero-order valence-electron chi connectivity index (χ0n) is 13.1. The van der Waals surface area contributed by atoms with Gasteiger partial charge in [0.25, 0.3) is 6.47 Å². The highest BCUT2D eigenvalue weighted by Gasteiger charge is 2.18. The first kappa shape index (κ1) is 17.3. The minimum Gasteiger partial charge on any atom is -0.483 e. The van der Waals surface area contributed by atoms with Gasteiger partial charge < -0.3 is 10.0 Å². The van der Waals surface area contributed by atoms with Crippen LogP contribution in [0.25, 0.3) is 0 Å². The van der Waals surface area contributed by atoms with Crippen LogP contribution in [0.3, 0.4) is 0 Å². The molecule has 0 radical (unpaired) electrons. The highest BCUT2D eigenvalue weighted by atomic mass is 32.1. The predicted molar refractivity (Wildman–Crippen MR) is 89.7 cm³/mol. The highest BCUT2D eigenvalue weighted by Crippen LogP contribution is 2.16. The summed E-state index contributed by atoms with van der Waals surface area (Å²) in [5, 5.41) is 10.1. The molecule has 0 amide bonds. The van der Waals surface area contributed by atoms with Crippen molar-refractivity contribution < 1.29 is 9.90 Å². The van der Waals surface area contributed by atoms with E-state index >= 15 is 0 Å². The number of nitrogens with zero attached hydrogens (tertiary/aromatic N) is 5. The van der Waals surface area contributed by atoms with E-state index in [1.807, 2.05) is 11.6 Å². The first-order chi connectivity index (χ1) is 11.3. The van der Waals surface area contributed by atoms with Crippen molar-refractivity contribution in [3.63, 3.8) is 0 Å². The Bertz CT molecular complexity index is 585. The first-order valence-electron chi connectivity index (χ1n) is 7.51. The number of rotatable bonds is 4. The van der Waals surface area contributed by atoms with E-state index in [-0.39, 0.29) is 6.47 Å². The van der Waals surface area contributed by atoms with Crippen molar-refractivity contribution in [2.75, 3.05) is 31.1 Å². The molecule has 0 atom stereocenters. The Kier molecular flexibility index (Phi) is 6.89. The van der Waals surface area contributed by atoms with Crippen molar-refractivity contribution in [1.82, 2.24) is 19.9 Å². The SMILES string of the molecule is CCc1cc(N2CCN(Cc3nccs3)CC2)ncn1.O=CO. The normalized spacial score (nSPS) is 14.9. The van der Waals surface area contributed by atoms with Gasteiger partial charge in [-0.2, -0.15) is 0 Å². The third kappa shape index (κ3) is 5.26. The molecule has 2 aromatic heterocycles. The van der Waals surface area contributed by atoms with Gasteiger partial charge in [-0.3, -0.25) is 9.69 Å². The molecule has 0 aliphatic carbocycles. The predicted octanol–water partition coefficient (Wildman–Crippen LogP) is 1.52. The average molecular weight is 335 g/mol. The van der Waals surface area contributed by atoms with E-state index < -0.39 is 0 Å². The maximum absolute atomic E-state index is 8.36. The van der Waals surface area contributed by atoms with Crippen molar-refractivity contribution in [3.8, 4) is 0 Å². The first-order valence-corrected chi connectivity index (χ1v) is 8.39. The second-order valence-electron chi connectivity index (χ2n) is 5.02. The molecule has 0 saturated carbocycles. The van der Waals surface area contributed by atoms with Gasteiger partial charge in [0.15, 0.2) is 0 Å². The summed E-state index contributed by atoms with van der Waals surface area (Å²) in [6.07, 6.45) is 4.51. The van der Waals surface area contributed by atoms with Crippen LogP contribution in [0.4, 0.5) is 5.82 Å². The number of anilines is 1. The van der Waals surface area contributed by atoms with Crippen molar-refractivity contribution in [2.45, 2.75) is 19.9 Å². The summed E-state index contributed by atoms with van der Waals surface area (Å²) in [6, 6.07) is 2.11. The van der Waals surface area contributed by atoms with Crippen LogP contribution in [0.15, 0.2) is 24.0 Å². The van der Waals surface area contributed by atoms with Gasteiger partial charge in [0.05, 0.1) is 6.54 Å². The van der Waals surface area contributed by atoms with Crippen LogP contribution in [-0.4, -0.2) is 57.6 Å². The fourth-order valence-corrected chi connectivity index (χ4v) is 3.07. The van der Waals surface area contributed by atoms with Crippen molar-refractivity contribution in [1.29, 1.82) is 0 Å². The van der Waals surface area contributed by atoms with Gasteiger partial charge in [-0.25, -0.2) is 15.0 Å². The molecule has 3 rings (SSSR count). The quantitative estimate of drug-likeness (QED) is 0.848. The highest BCUT2D eigenvalue weighted by molar-refractivity contribution is 7.09. The number of piperazine rings is 1. The fraction of sp³-hybridized carbons (Fsp3) is 0.467. The Balaban J connectivity index is 0.000000595. The van der Waals surface area contributed by atoms with Gasteiger partial charge >= 0.3 is 0 Å². The van der Waals surface area contributed by atoms with Crippen LogP contribution in [-0.2, 0) is 17.8 Å². The second kappa shape index (κ2) is 9.16. The molecule has 1 fully saturated rings. The molecule has 1 aliphatic heterocycles. The van der Waals surface area contributed by atoms with E-state index in [1.54, 1.807) is 17.7 Å². The van der Waals surface area contributed by atoms with Gasteiger partial charge in [-0.15, -0.1) is 11.3 Å². The molecule has 1 N–H and O–H groups in total. The minimum absolute atomic E-state index is 0.250. The van der Waals surface area contributed by atoms with Gasteiger partial charge in [0, 0.05) is 49.5 Å². The van der Waals surface area contributed by atoms with Crippen LogP contribution in [0.1, 0.15) is 17.6 Å². The number of thiazole rings is 1. The van der Waals surface area contributed by atoms with Gasteiger partial charge in [0.1, 0.15) is 17.2 Å². The molecular formula is C15H21N5O2S. The molecular weight excluding hydrogens is 314 g/mol. The lowest BCUT2D eigenvalue weighted by molar-refractivity contribution is -0.122. The molecule has 0 unspecified atom stereocenters. The molecule has 0 bridgehead atoms. The molecule has 3 heterocycles. The number of aryl methyl sites for hydroxylation is 1. The van der Waals surface area contributed by atoms with E-state index in [1.165, 1.54) is 5.01 Å². The lowest BCUT2D eigenvalue weighted by atomic mass is 10.2. The topological polar surface area (TPSA) is 82.5 Å². The standard InChI is InChI=1S/C14H19N5S.CH2O2/c1-2-12-9-13(17-11-16-12)19-6-4-18(5-7-19)10-14-15-3-8-20-14;2-1-3/h3,8-9,11H,2,4-7,10H2,1H3;1H,(H,2,3). The Morgan fingerprint density at radius 2 is 2.00 bits per heavy atom. The Morgan fingerprint density at radius 3 is 2.61 bits per heavy atom. The zero-order valence-corrected chi connectivity index (χ0v) is 13.9. The summed E-state index contributed by atoms with van der Waals surface area (Å²) in [5.41, 5.74) is 1.11. The van der Waals surface area contributed by atoms with Crippen molar-refractivity contribution in [2.24, 2.45) is 0 Å². The van der Waals surface area contributed by atoms with E-state index in [2.05, 4.69) is 37.7 Å². The maximum atomic E-state index is 8.36. The molecule has 7 nitrogen and oxygen atoms in total. The Labute approximate surface area is 139 Å². The minimum atomic E-state index is -0.250. The number of carboxylic acid groups (broad SMARTS) is 1. The Morgan fingerprint density at radius 1 is 1.26 bits per heavy atom. The van der Waals surface area contributed by atoms with Crippen molar-refractivity contribution in [3.05, 3.63) is 34.7 Å². The maximum Gasteiger partial charge on any atom is 0.290 e. The largest absolute Gasteiger partial charge is 0.483 e. The molecule has 23 heavy (non-hydrogen) atoms. The molecule has 124 valence electrons. The number of aromatic nitrogens is 3. The molecule has 0 spiro atoms. The third-order valence-corrected chi connectivity index (χ3v) is 4.37. The van der Waals surface area contributed by atoms with Crippen LogP contribution in [0, 0.1) is 0 Å². The molecule has 2 aromatic rings. The summed E-state index contributed by atoms with van der Waals surface area (Å²) in [6.45, 7) is 7.00. The smallest absolute Gasteiger partial charge is 0.290 e. The molecule has 1 saturated heterocycles. The van der Waals surface area contributed by atoms with Gasteiger partial charge in [-0.1, -0.05) is 6.92 Å². The van der Waals surface area contributed by atoms with Crippen LogP contribution in [0.5, 0.6) is 0 Å². The fourth-order valence-electron chi connectivity index (χ4n) is 2.41.